The van der Waals surface area contributed by atoms with Crippen molar-refractivity contribution in [3.05, 3.63) is 22.9 Å². The molecule has 96 valence electrons. The van der Waals surface area contributed by atoms with Gasteiger partial charge in [0, 0.05) is 23.4 Å². The van der Waals surface area contributed by atoms with Crippen LogP contribution in [-0.2, 0) is 14.8 Å². The largest absolute Gasteiger partial charge is 0.361 e. The van der Waals surface area contributed by atoms with Crippen molar-refractivity contribution in [1.29, 1.82) is 5.26 Å². The third kappa shape index (κ3) is 2.70. The van der Waals surface area contributed by atoms with Crippen molar-refractivity contribution in [2.75, 3.05) is 19.7 Å². The molecule has 0 saturated carbocycles. The Morgan fingerprint density at radius 1 is 1.56 bits per heavy atom. The molecule has 6 nitrogen and oxygen atoms in total. The molecule has 0 radical (unpaired) electrons. The Labute approximate surface area is 113 Å². The first kappa shape index (κ1) is 13.4. The normalized spacial score (nSPS) is 21.4. The zero-order chi connectivity index (χ0) is 13.2. The first-order valence-electron chi connectivity index (χ1n) is 5.16. The van der Waals surface area contributed by atoms with Crippen LogP contribution >= 0.6 is 15.9 Å². The van der Waals surface area contributed by atoms with Crippen molar-refractivity contribution in [2.45, 2.75) is 11.0 Å². The Balaban J connectivity index is 2.29. The van der Waals surface area contributed by atoms with Crippen LogP contribution in [0.5, 0.6) is 0 Å². The second-order valence-electron chi connectivity index (χ2n) is 3.69. The molecule has 1 atom stereocenters. The fraction of sp³-hybridized carbons (Fsp3) is 0.400. The van der Waals surface area contributed by atoms with Crippen molar-refractivity contribution >= 4 is 26.0 Å². The molecule has 1 fully saturated rings. The standard InChI is InChI=1S/C10H10BrN3O3S/c11-8-3-10(6-13-5-8)18(15,16)14-1-2-17-9(4-12)7-14/h3,5-6,9H,1-2,7H2. The van der Waals surface area contributed by atoms with E-state index in [1.165, 1.54) is 22.8 Å². The lowest BCUT2D eigenvalue weighted by Crippen LogP contribution is -2.45. The number of aromatic nitrogens is 1. The van der Waals surface area contributed by atoms with Crippen LogP contribution in [0.1, 0.15) is 0 Å². The van der Waals surface area contributed by atoms with Gasteiger partial charge >= 0.3 is 0 Å². The number of ether oxygens (including phenoxy) is 1. The van der Waals surface area contributed by atoms with Gasteiger partial charge in [-0.25, -0.2) is 8.42 Å². The van der Waals surface area contributed by atoms with Crippen LogP contribution < -0.4 is 0 Å². The molecular formula is C10H10BrN3O3S. The third-order valence-corrected chi connectivity index (χ3v) is 4.75. The first-order valence-corrected chi connectivity index (χ1v) is 7.39. The van der Waals surface area contributed by atoms with Crippen LogP contribution in [-0.4, -0.2) is 43.5 Å². The second-order valence-corrected chi connectivity index (χ2v) is 6.54. The number of morpholine rings is 1. The van der Waals surface area contributed by atoms with E-state index in [1.807, 2.05) is 6.07 Å². The van der Waals surface area contributed by atoms with Crippen molar-refractivity contribution in [3.8, 4) is 6.07 Å². The minimum Gasteiger partial charge on any atom is -0.361 e. The number of pyridine rings is 1. The second kappa shape index (κ2) is 5.32. The maximum Gasteiger partial charge on any atom is 0.244 e. The molecule has 8 heteroatoms. The molecule has 0 amide bonds. The van der Waals surface area contributed by atoms with Gasteiger partial charge in [0.2, 0.25) is 10.0 Å². The lowest BCUT2D eigenvalue weighted by atomic mass is 10.3. The van der Waals surface area contributed by atoms with Crippen molar-refractivity contribution < 1.29 is 13.2 Å². The molecule has 1 aromatic heterocycles. The first-order chi connectivity index (χ1) is 8.54. The molecule has 1 saturated heterocycles. The van der Waals surface area contributed by atoms with Crippen molar-refractivity contribution in [2.24, 2.45) is 0 Å². The number of nitrogens with zero attached hydrogens (tertiary/aromatic N) is 3. The SMILES string of the molecule is N#CC1CN(S(=O)(=O)c2cncc(Br)c2)CCO1. The molecule has 1 unspecified atom stereocenters. The highest BCUT2D eigenvalue weighted by Crippen LogP contribution is 2.20. The van der Waals surface area contributed by atoms with Crippen LogP contribution in [0.3, 0.4) is 0 Å². The minimum atomic E-state index is -3.62. The predicted molar refractivity (Wildman–Crippen MR) is 66.0 cm³/mol. The molecule has 2 heterocycles. The topological polar surface area (TPSA) is 83.3 Å². The van der Waals surface area contributed by atoms with E-state index in [-0.39, 0.29) is 24.6 Å². The Kier molecular flexibility index (Phi) is 3.97. The van der Waals surface area contributed by atoms with Crippen molar-refractivity contribution in [3.63, 3.8) is 0 Å². The summed E-state index contributed by atoms with van der Waals surface area (Å²) in [6.45, 7) is 0.511. The average molecular weight is 332 g/mol. The van der Waals surface area contributed by atoms with E-state index < -0.39 is 16.1 Å². The molecule has 0 spiro atoms. The van der Waals surface area contributed by atoms with E-state index in [1.54, 1.807) is 0 Å². The Morgan fingerprint density at radius 2 is 2.33 bits per heavy atom. The summed E-state index contributed by atoms with van der Waals surface area (Å²) in [5.41, 5.74) is 0. The van der Waals surface area contributed by atoms with Crippen LogP contribution in [0.25, 0.3) is 0 Å². The van der Waals surface area contributed by atoms with Crippen LogP contribution in [0.2, 0.25) is 0 Å². The van der Waals surface area contributed by atoms with E-state index in [0.717, 1.165) is 0 Å². The van der Waals surface area contributed by atoms with Gasteiger partial charge < -0.3 is 4.74 Å². The molecule has 0 N–H and O–H groups in total. The summed E-state index contributed by atoms with van der Waals surface area (Å²) in [5.74, 6) is 0. The van der Waals surface area contributed by atoms with Gasteiger partial charge in [-0.1, -0.05) is 0 Å². The number of hydrogen-bond donors (Lipinski definition) is 0. The fourth-order valence-electron chi connectivity index (χ4n) is 1.60. The Bertz CT molecular complexity index is 584. The van der Waals surface area contributed by atoms with Gasteiger partial charge in [-0.2, -0.15) is 9.57 Å². The fourth-order valence-corrected chi connectivity index (χ4v) is 3.54. The monoisotopic (exact) mass is 331 g/mol. The highest BCUT2D eigenvalue weighted by Gasteiger charge is 2.31. The number of rotatable bonds is 2. The van der Waals surface area contributed by atoms with E-state index in [4.69, 9.17) is 10.00 Å². The zero-order valence-corrected chi connectivity index (χ0v) is 11.7. The summed E-state index contributed by atoms with van der Waals surface area (Å²) in [5, 5.41) is 8.77. The number of hydrogen-bond acceptors (Lipinski definition) is 5. The van der Waals surface area contributed by atoms with Gasteiger partial charge in [0.25, 0.3) is 0 Å². The summed E-state index contributed by atoms with van der Waals surface area (Å²) in [6, 6.07) is 3.40. The maximum atomic E-state index is 12.3. The lowest BCUT2D eigenvalue weighted by molar-refractivity contribution is 0.0311. The van der Waals surface area contributed by atoms with Gasteiger partial charge in [0.1, 0.15) is 4.90 Å². The Hall–Kier alpha value is -1.01. The molecule has 1 aliphatic heterocycles. The van der Waals surface area contributed by atoms with Gasteiger partial charge in [-0.15, -0.1) is 0 Å². The summed E-state index contributed by atoms with van der Waals surface area (Å²) >= 11 is 3.18. The third-order valence-electron chi connectivity index (χ3n) is 2.49. The van der Waals surface area contributed by atoms with Crippen LogP contribution in [0.4, 0.5) is 0 Å². The summed E-state index contributed by atoms with van der Waals surface area (Å²) < 4.78 is 31.6. The Morgan fingerprint density at radius 3 is 3.00 bits per heavy atom. The average Bonchev–Trinajstić information content (AvgIpc) is 2.39. The van der Waals surface area contributed by atoms with Gasteiger partial charge in [0.15, 0.2) is 6.10 Å². The molecule has 0 aromatic carbocycles. The molecular weight excluding hydrogens is 322 g/mol. The summed E-state index contributed by atoms with van der Waals surface area (Å²) in [4.78, 5) is 3.94. The van der Waals surface area contributed by atoms with E-state index >= 15 is 0 Å². The summed E-state index contributed by atoms with van der Waals surface area (Å²) in [7, 11) is -3.62. The highest BCUT2D eigenvalue weighted by atomic mass is 79.9. The summed E-state index contributed by atoms with van der Waals surface area (Å²) in [6.07, 6.45) is 2.08. The highest BCUT2D eigenvalue weighted by molar-refractivity contribution is 9.10. The molecule has 1 aliphatic rings. The zero-order valence-electron chi connectivity index (χ0n) is 9.28. The molecule has 1 aromatic rings. The van der Waals surface area contributed by atoms with E-state index in [9.17, 15) is 8.42 Å². The lowest BCUT2D eigenvalue weighted by Gasteiger charge is -2.28. The van der Waals surface area contributed by atoms with E-state index in [2.05, 4.69) is 20.9 Å². The quantitative estimate of drug-likeness (QED) is 0.798. The number of sulfonamides is 1. The number of halogens is 1. The maximum absolute atomic E-state index is 12.3. The van der Waals surface area contributed by atoms with Gasteiger partial charge in [0.05, 0.1) is 19.2 Å². The van der Waals surface area contributed by atoms with Crippen LogP contribution in [0, 0.1) is 11.3 Å². The minimum absolute atomic E-state index is 0.0470. The molecule has 2 rings (SSSR count). The number of nitriles is 1. The van der Waals surface area contributed by atoms with Crippen LogP contribution in [0.15, 0.2) is 27.8 Å². The molecule has 0 bridgehead atoms. The molecule has 0 aliphatic carbocycles. The van der Waals surface area contributed by atoms with Crippen molar-refractivity contribution in [1.82, 2.24) is 9.29 Å². The predicted octanol–water partition coefficient (Wildman–Crippen LogP) is 0.757. The van der Waals surface area contributed by atoms with E-state index in [0.29, 0.717) is 4.47 Å². The van der Waals surface area contributed by atoms with Gasteiger partial charge in [-0.05, 0) is 22.0 Å². The molecule has 18 heavy (non-hydrogen) atoms. The smallest absolute Gasteiger partial charge is 0.244 e. The van der Waals surface area contributed by atoms with Gasteiger partial charge in [-0.3, -0.25) is 4.98 Å².